The molecule has 0 saturated carbocycles. The Labute approximate surface area is 128 Å². The van der Waals surface area contributed by atoms with Crippen LogP contribution in [0.1, 0.15) is 13.8 Å². The molecule has 6 nitrogen and oxygen atoms in total. The molecule has 2 amide bonds. The smallest absolute Gasteiger partial charge is 0.341 e. The fraction of sp³-hybridized carbons (Fsp3) is 0.429. The van der Waals surface area contributed by atoms with E-state index in [1.807, 2.05) is 6.92 Å². The van der Waals surface area contributed by atoms with Crippen LogP contribution in [0.4, 0.5) is 10.5 Å². The van der Waals surface area contributed by atoms with Gasteiger partial charge in [0.15, 0.2) is 6.61 Å². The summed E-state index contributed by atoms with van der Waals surface area (Å²) >= 11 is 1.77. The van der Waals surface area contributed by atoms with Crippen molar-refractivity contribution in [1.82, 2.24) is 5.32 Å². The summed E-state index contributed by atoms with van der Waals surface area (Å²) in [4.78, 5) is 22.1. The molecule has 21 heavy (non-hydrogen) atoms. The number of carbonyl (C=O) groups is 2. The van der Waals surface area contributed by atoms with Crippen LogP contribution >= 0.6 is 11.8 Å². The Morgan fingerprint density at radius 2 is 2.00 bits per heavy atom. The van der Waals surface area contributed by atoms with Crippen molar-refractivity contribution in [3.63, 3.8) is 0 Å². The fourth-order valence-corrected chi connectivity index (χ4v) is 2.18. The van der Waals surface area contributed by atoms with Crippen molar-refractivity contribution in [2.75, 3.05) is 23.4 Å². The molecule has 7 heteroatoms. The number of hydrogen-bond donors (Lipinski definition) is 3. The molecule has 3 N–H and O–H groups in total. The lowest BCUT2D eigenvalue weighted by atomic mass is 10.3. The first-order chi connectivity index (χ1) is 10.0. The molecule has 1 unspecified atom stereocenters. The number of urea groups is 1. The zero-order valence-electron chi connectivity index (χ0n) is 12.1. The van der Waals surface area contributed by atoms with Gasteiger partial charge in [-0.2, -0.15) is 11.8 Å². The van der Waals surface area contributed by atoms with Crippen LogP contribution in [0.25, 0.3) is 0 Å². The van der Waals surface area contributed by atoms with Crippen LogP contribution < -0.4 is 15.4 Å². The predicted octanol–water partition coefficient (Wildman–Crippen LogP) is 2.41. The van der Waals surface area contributed by atoms with Crippen molar-refractivity contribution in [1.29, 1.82) is 0 Å². The summed E-state index contributed by atoms with van der Waals surface area (Å²) in [6.45, 7) is 3.64. The minimum absolute atomic E-state index is 0.0909. The van der Waals surface area contributed by atoms with E-state index >= 15 is 0 Å². The predicted molar refractivity (Wildman–Crippen MR) is 84.2 cm³/mol. The van der Waals surface area contributed by atoms with E-state index in [1.165, 1.54) is 0 Å². The lowest BCUT2D eigenvalue weighted by Crippen LogP contribution is -2.37. The summed E-state index contributed by atoms with van der Waals surface area (Å²) in [5.74, 6) is 1.30. The number of aliphatic carboxylic acids is 1. The second-order valence-corrected chi connectivity index (χ2v) is 5.68. The van der Waals surface area contributed by atoms with Gasteiger partial charge in [0.2, 0.25) is 0 Å². The van der Waals surface area contributed by atoms with Crippen LogP contribution in [0.15, 0.2) is 24.3 Å². The van der Waals surface area contributed by atoms with Crippen LogP contribution in [0.3, 0.4) is 0 Å². The highest BCUT2D eigenvalue weighted by molar-refractivity contribution is 7.99. The van der Waals surface area contributed by atoms with Crippen molar-refractivity contribution in [2.45, 2.75) is 19.9 Å². The van der Waals surface area contributed by atoms with E-state index in [2.05, 4.69) is 17.6 Å². The number of carboxylic acid groups (broad SMARTS) is 1. The molecule has 1 rings (SSSR count). The molecule has 0 saturated heterocycles. The first-order valence-electron chi connectivity index (χ1n) is 6.61. The highest BCUT2D eigenvalue weighted by atomic mass is 32.2. The molecule has 0 aliphatic carbocycles. The van der Waals surface area contributed by atoms with Crippen molar-refractivity contribution >= 4 is 29.4 Å². The number of rotatable bonds is 8. The maximum absolute atomic E-state index is 11.7. The molecule has 0 bridgehead atoms. The standard InChI is InChI=1S/C14H20N2O4S/c1-3-21-9-10(2)15-14(19)16-11-4-6-12(7-5-11)20-8-13(17)18/h4-7,10H,3,8-9H2,1-2H3,(H,17,18)(H2,15,16,19). The number of ether oxygens (including phenoxy) is 1. The second-order valence-electron chi connectivity index (χ2n) is 4.37. The van der Waals surface area contributed by atoms with Gasteiger partial charge in [-0.15, -0.1) is 0 Å². The third kappa shape index (κ3) is 7.45. The molecular weight excluding hydrogens is 292 g/mol. The van der Waals surface area contributed by atoms with E-state index in [4.69, 9.17) is 9.84 Å². The highest BCUT2D eigenvalue weighted by Gasteiger charge is 2.07. The van der Waals surface area contributed by atoms with Gasteiger partial charge >= 0.3 is 12.0 Å². The van der Waals surface area contributed by atoms with Crippen molar-refractivity contribution < 1.29 is 19.4 Å². The summed E-state index contributed by atoms with van der Waals surface area (Å²) in [6, 6.07) is 6.35. The number of anilines is 1. The summed E-state index contributed by atoms with van der Waals surface area (Å²) in [7, 11) is 0. The zero-order chi connectivity index (χ0) is 15.7. The van der Waals surface area contributed by atoms with E-state index in [0.29, 0.717) is 11.4 Å². The van der Waals surface area contributed by atoms with Gasteiger partial charge in [-0.3, -0.25) is 0 Å². The van der Waals surface area contributed by atoms with Gasteiger partial charge in [0.1, 0.15) is 5.75 Å². The lowest BCUT2D eigenvalue weighted by Gasteiger charge is -2.14. The number of carboxylic acids is 1. The number of amides is 2. The topological polar surface area (TPSA) is 87.7 Å². The lowest BCUT2D eigenvalue weighted by molar-refractivity contribution is -0.139. The van der Waals surface area contributed by atoms with E-state index in [9.17, 15) is 9.59 Å². The minimum Gasteiger partial charge on any atom is -0.482 e. The molecular formula is C14H20N2O4S. The van der Waals surface area contributed by atoms with E-state index in [1.54, 1.807) is 36.0 Å². The van der Waals surface area contributed by atoms with Crippen LogP contribution in [-0.2, 0) is 4.79 Å². The SMILES string of the molecule is CCSCC(C)NC(=O)Nc1ccc(OCC(=O)O)cc1. The van der Waals surface area contributed by atoms with Crippen LogP contribution in [-0.4, -0.2) is 41.3 Å². The zero-order valence-corrected chi connectivity index (χ0v) is 12.9. The van der Waals surface area contributed by atoms with Gasteiger partial charge in [0, 0.05) is 17.5 Å². The van der Waals surface area contributed by atoms with E-state index < -0.39 is 5.97 Å². The third-order valence-corrected chi connectivity index (χ3v) is 3.57. The molecule has 0 aromatic heterocycles. The Kier molecular flexibility index (Phi) is 7.45. The molecule has 1 aromatic carbocycles. The Bertz CT molecular complexity index is 465. The molecule has 116 valence electrons. The number of hydrogen-bond acceptors (Lipinski definition) is 4. The van der Waals surface area contributed by atoms with Gasteiger partial charge in [0.25, 0.3) is 0 Å². The highest BCUT2D eigenvalue weighted by Crippen LogP contribution is 2.15. The maximum atomic E-state index is 11.7. The molecule has 0 heterocycles. The maximum Gasteiger partial charge on any atom is 0.341 e. The van der Waals surface area contributed by atoms with E-state index in [0.717, 1.165) is 11.5 Å². The third-order valence-electron chi connectivity index (χ3n) is 2.42. The number of nitrogens with one attached hydrogen (secondary N) is 2. The average Bonchev–Trinajstić information content (AvgIpc) is 2.44. The van der Waals surface area contributed by atoms with Crippen molar-refractivity contribution in [2.24, 2.45) is 0 Å². The minimum atomic E-state index is -1.03. The molecule has 1 aromatic rings. The molecule has 0 fully saturated rings. The monoisotopic (exact) mass is 312 g/mol. The normalized spacial score (nSPS) is 11.5. The first kappa shape index (κ1) is 17.2. The van der Waals surface area contributed by atoms with Crippen LogP contribution in [0, 0.1) is 0 Å². The van der Waals surface area contributed by atoms with Crippen molar-refractivity contribution in [3.8, 4) is 5.75 Å². The summed E-state index contributed by atoms with van der Waals surface area (Å²) in [6.07, 6.45) is 0. The second kappa shape index (κ2) is 9.12. The number of benzene rings is 1. The Morgan fingerprint density at radius 1 is 1.33 bits per heavy atom. The van der Waals surface area contributed by atoms with Crippen molar-refractivity contribution in [3.05, 3.63) is 24.3 Å². The van der Waals surface area contributed by atoms with E-state index in [-0.39, 0.29) is 18.7 Å². The van der Waals surface area contributed by atoms with Gasteiger partial charge in [-0.1, -0.05) is 6.92 Å². The summed E-state index contributed by atoms with van der Waals surface area (Å²) < 4.78 is 5.01. The fourth-order valence-electron chi connectivity index (χ4n) is 1.51. The first-order valence-corrected chi connectivity index (χ1v) is 7.76. The van der Waals surface area contributed by atoms with Gasteiger partial charge in [-0.05, 0) is 36.9 Å². The van der Waals surface area contributed by atoms with Gasteiger partial charge in [-0.25, -0.2) is 9.59 Å². The molecule has 0 aliphatic heterocycles. The van der Waals surface area contributed by atoms with Crippen LogP contribution in [0.5, 0.6) is 5.75 Å². The molecule has 0 aliphatic rings. The van der Waals surface area contributed by atoms with Crippen LogP contribution in [0.2, 0.25) is 0 Å². The largest absolute Gasteiger partial charge is 0.482 e. The summed E-state index contributed by atoms with van der Waals surface area (Å²) in [5, 5.41) is 14.0. The number of thioether (sulfide) groups is 1. The molecule has 0 spiro atoms. The quantitative estimate of drug-likeness (QED) is 0.686. The van der Waals surface area contributed by atoms with Gasteiger partial charge < -0.3 is 20.5 Å². The molecule has 0 radical (unpaired) electrons. The number of carbonyl (C=O) groups excluding carboxylic acids is 1. The average molecular weight is 312 g/mol. The Morgan fingerprint density at radius 3 is 2.57 bits per heavy atom. The Balaban J connectivity index is 2.40. The molecule has 1 atom stereocenters. The Hall–Kier alpha value is -1.89. The van der Waals surface area contributed by atoms with Gasteiger partial charge in [0.05, 0.1) is 0 Å². The summed E-state index contributed by atoms with van der Waals surface area (Å²) in [5.41, 5.74) is 0.616.